The molecule has 0 N–H and O–H groups in total. The predicted octanol–water partition coefficient (Wildman–Crippen LogP) is 2.77. The zero-order valence-electron chi connectivity index (χ0n) is 9.54. The van der Waals surface area contributed by atoms with Crippen LogP contribution < -0.4 is 0 Å². The van der Waals surface area contributed by atoms with E-state index in [0.29, 0.717) is 23.3 Å². The topological polar surface area (TPSA) is 35.5 Å². The van der Waals surface area contributed by atoms with Crippen molar-refractivity contribution in [3.05, 3.63) is 33.8 Å². The Morgan fingerprint density at radius 3 is 2.76 bits per heavy atom. The first-order valence-corrected chi connectivity index (χ1v) is 5.91. The van der Waals surface area contributed by atoms with Gasteiger partial charge in [0.2, 0.25) is 0 Å². The van der Waals surface area contributed by atoms with Crippen LogP contribution in [0.5, 0.6) is 0 Å². The summed E-state index contributed by atoms with van der Waals surface area (Å²) in [5.74, 6) is -0.0368. The van der Waals surface area contributed by atoms with Crippen LogP contribution in [-0.4, -0.2) is 32.7 Å². The zero-order chi connectivity index (χ0) is 12.7. The number of Topliss-reactive ketones (excluding diaryl/α,β-unsaturated/α-hetero) is 1. The van der Waals surface area contributed by atoms with Crippen molar-refractivity contribution in [2.24, 2.45) is 0 Å². The highest BCUT2D eigenvalue weighted by Gasteiger charge is 2.08. The fourth-order valence-electron chi connectivity index (χ4n) is 1.27. The molecule has 0 aliphatic rings. The summed E-state index contributed by atoms with van der Waals surface area (Å²) in [5.41, 5.74) is 0.722. The summed E-state index contributed by atoms with van der Waals surface area (Å²) in [7, 11) is 1.58. The SMILES string of the molecule is COCCOCC(=O)Cc1cc(Cl)ccc1Cl. The highest BCUT2D eigenvalue weighted by Crippen LogP contribution is 2.21. The molecule has 0 heterocycles. The lowest BCUT2D eigenvalue weighted by molar-refractivity contribution is -0.123. The van der Waals surface area contributed by atoms with Crippen LogP contribution in [-0.2, 0) is 20.7 Å². The van der Waals surface area contributed by atoms with E-state index in [4.69, 9.17) is 32.7 Å². The van der Waals surface area contributed by atoms with Crippen LogP contribution in [0.25, 0.3) is 0 Å². The third-order valence-corrected chi connectivity index (χ3v) is 2.69. The first-order valence-electron chi connectivity index (χ1n) is 5.16. The van der Waals surface area contributed by atoms with Crippen LogP contribution in [0.15, 0.2) is 18.2 Å². The number of halogens is 2. The lowest BCUT2D eigenvalue weighted by Crippen LogP contribution is -2.14. The van der Waals surface area contributed by atoms with Crippen molar-refractivity contribution in [1.29, 1.82) is 0 Å². The van der Waals surface area contributed by atoms with Gasteiger partial charge < -0.3 is 9.47 Å². The Morgan fingerprint density at radius 2 is 2.06 bits per heavy atom. The lowest BCUT2D eigenvalue weighted by Gasteiger charge is -2.05. The summed E-state index contributed by atoms with van der Waals surface area (Å²) in [6, 6.07) is 5.06. The quantitative estimate of drug-likeness (QED) is 0.719. The Kier molecular flexibility index (Phi) is 6.52. The number of hydrogen-bond acceptors (Lipinski definition) is 3. The minimum absolute atomic E-state index is 0.0368. The molecule has 1 rings (SSSR count). The molecule has 0 aromatic heterocycles. The number of methoxy groups -OCH3 is 1. The Labute approximate surface area is 111 Å². The molecule has 1 aromatic carbocycles. The molecule has 0 spiro atoms. The number of rotatable bonds is 7. The van der Waals surface area contributed by atoms with Crippen molar-refractivity contribution in [3.8, 4) is 0 Å². The van der Waals surface area contributed by atoms with Gasteiger partial charge in [-0.05, 0) is 23.8 Å². The maximum atomic E-state index is 11.6. The fourth-order valence-corrected chi connectivity index (χ4v) is 1.65. The van der Waals surface area contributed by atoms with E-state index in [2.05, 4.69) is 0 Å². The summed E-state index contributed by atoms with van der Waals surface area (Å²) >= 11 is 11.8. The standard InChI is InChI=1S/C12H14Cl2O3/c1-16-4-5-17-8-11(15)7-9-6-10(13)2-3-12(9)14/h2-3,6H,4-5,7-8H2,1H3. The first kappa shape index (κ1) is 14.5. The number of carbonyl (C=O) groups is 1. The molecule has 0 amide bonds. The van der Waals surface area contributed by atoms with Gasteiger partial charge in [-0.15, -0.1) is 0 Å². The van der Waals surface area contributed by atoms with Crippen LogP contribution in [0, 0.1) is 0 Å². The Bertz CT molecular complexity index is 380. The lowest BCUT2D eigenvalue weighted by atomic mass is 10.1. The van der Waals surface area contributed by atoms with Gasteiger partial charge >= 0.3 is 0 Å². The molecule has 1 aromatic rings. The van der Waals surface area contributed by atoms with Gasteiger partial charge in [-0.3, -0.25) is 4.79 Å². The van der Waals surface area contributed by atoms with E-state index in [1.807, 2.05) is 0 Å². The molecule has 17 heavy (non-hydrogen) atoms. The second-order valence-corrected chi connectivity index (χ2v) is 4.34. The summed E-state index contributed by atoms with van der Waals surface area (Å²) < 4.78 is 9.93. The molecule has 94 valence electrons. The molecule has 5 heteroatoms. The van der Waals surface area contributed by atoms with Gasteiger partial charge in [-0.1, -0.05) is 23.2 Å². The molecule has 0 saturated carbocycles. The highest BCUT2D eigenvalue weighted by molar-refractivity contribution is 6.33. The van der Waals surface area contributed by atoms with Crippen molar-refractivity contribution in [1.82, 2.24) is 0 Å². The van der Waals surface area contributed by atoms with E-state index < -0.39 is 0 Å². The molecular formula is C12H14Cl2O3. The predicted molar refractivity (Wildman–Crippen MR) is 67.9 cm³/mol. The Morgan fingerprint density at radius 1 is 1.29 bits per heavy atom. The van der Waals surface area contributed by atoms with Crippen LogP contribution in [0.3, 0.4) is 0 Å². The van der Waals surface area contributed by atoms with Crippen molar-refractivity contribution in [2.75, 3.05) is 26.9 Å². The van der Waals surface area contributed by atoms with Gasteiger partial charge in [-0.2, -0.15) is 0 Å². The average molecular weight is 277 g/mol. The van der Waals surface area contributed by atoms with Crippen LogP contribution in [0.2, 0.25) is 10.0 Å². The molecule has 0 aliphatic carbocycles. The molecule has 0 unspecified atom stereocenters. The van der Waals surface area contributed by atoms with Gasteiger partial charge in [-0.25, -0.2) is 0 Å². The molecule has 3 nitrogen and oxygen atoms in total. The number of carbonyl (C=O) groups excluding carboxylic acids is 1. The molecule has 0 atom stereocenters. The van der Waals surface area contributed by atoms with Gasteiger partial charge in [0.1, 0.15) is 6.61 Å². The summed E-state index contributed by atoms with van der Waals surface area (Å²) in [6.07, 6.45) is 0.229. The summed E-state index contributed by atoms with van der Waals surface area (Å²) in [6.45, 7) is 0.947. The second-order valence-electron chi connectivity index (χ2n) is 3.50. The maximum absolute atomic E-state index is 11.6. The second kappa shape index (κ2) is 7.67. The molecule has 0 fully saturated rings. The monoisotopic (exact) mass is 276 g/mol. The first-order chi connectivity index (χ1) is 8.13. The largest absolute Gasteiger partial charge is 0.382 e. The van der Waals surface area contributed by atoms with E-state index in [1.54, 1.807) is 25.3 Å². The van der Waals surface area contributed by atoms with Gasteiger partial charge in [0.25, 0.3) is 0 Å². The van der Waals surface area contributed by atoms with E-state index in [-0.39, 0.29) is 18.8 Å². The molecule has 0 radical (unpaired) electrons. The normalized spacial score (nSPS) is 10.5. The minimum Gasteiger partial charge on any atom is -0.382 e. The number of hydrogen-bond donors (Lipinski definition) is 0. The van der Waals surface area contributed by atoms with E-state index in [9.17, 15) is 4.79 Å². The fraction of sp³-hybridized carbons (Fsp3) is 0.417. The summed E-state index contributed by atoms with van der Waals surface area (Å²) in [4.78, 5) is 11.6. The summed E-state index contributed by atoms with van der Waals surface area (Å²) in [5, 5.41) is 1.11. The van der Waals surface area contributed by atoms with Gasteiger partial charge in [0.05, 0.1) is 13.2 Å². The van der Waals surface area contributed by atoms with Crippen molar-refractivity contribution in [3.63, 3.8) is 0 Å². The highest BCUT2D eigenvalue weighted by atomic mass is 35.5. The minimum atomic E-state index is -0.0368. The van der Waals surface area contributed by atoms with Crippen molar-refractivity contribution in [2.45, 2.75) is 6.42 Å². The number of benzene rings is 1. The van der Waals surface area contributed by atoms with E-state index in [1.165, 1.54) is 0 Å². The molecule has 0 saturated heterocycles. The maximum Gasteiger partial charge on any atom is 0.162 e. The van der Waals surface area contributed by atoms with Crippen molar-refractivity contribution >= 4 is 29.0 Å². The van der Waals surface area contributed by atoms with Crippen LogP contribution >= 0.6 is 23.2 Å². The van der Waals surface area contributed by atoms with E-state index >= 15 is 0 Å². The molecular weight excluding hydrogens is 263 g/mol. The van der Waals surface area contributed by atoms with Crippen LogP contribution in [0.4, 0.5) is 0 Å². The van der Waals surface area contributed by atoms with E-state index in [0.717, 1.165) is 5.56 Å². The zero-order valence-corrected chi connectivity index (χ0v) is 11.1. The average Bonchev–Trinajstić information content (AvgIpc) is 2.29. The third kappa shape index (κ3) is 5.50. The smallest absolute Gasteiger partial charge is 0.162 e. The Balaban J connectivity index is 2.42. The Hall–Kier alpha value is -0.610. The molecule has 0 aliphatic heterocycles. The van der Waals surface area contributed by atoms with Gasteiger partial charge in [0, 0.05) is 23.6 Å². The third-order valence-electron chi connectivity index (χ3n) is 2.09. The molecule has 0 bridgehead atoms. The van der Waals surface area contributed by atoms with Crippen molar-refractivity contribution < 1.29 is 14.3 Å². The van der Waals surface area contributed by atoms with Crippen LogP contribution in [0.1, 0.15) is 5.56 Å². The van der Waals surface area contributed by atoms with Gasteiger partial charge in [0.15, 0.2) is 5.78 Å². The number of ketones is 1. The number of ether oxygens (including phenoxy) is 2.